The molecule has 3 heteroatoms. The van der Waals surface area contributed by atoms with Gasteiger partial charge in [-0.1, -0.05) is 35.3 Å². The Bertz CT molecular complexity index is 407. The summed E-state index contributed by atoms with van der Waals surface area (Å²) in [5.74, 6) is 0.569. The fourth-order valence-electron chi connectivity index (χ4n) is 2.98. The van der Waals surface area contributed by atoms with E-state index in [0.717, 1.165) is 23.4 Å². The third kappa shape index (κ3) is 2.89. The zero-order valence-electron chi connectivity index (χ0n) is 10.2. The SMILES string of the molecule is CC1CCC(CN)(Cc2ccc(F)cc2Br)C1. The third-order valence-electron chi connectivity index (χ3n) is 3.96. The van der Waals surface area contributed by atoms with E-state index in [-0.39, 0.29) is 11.2 Å². The van der Waals surface area contributed by atoms with Gasteiger partial charge in [0.15, 0.2) is 0 Å². The molecule has 1 aromatic rings. The second-order valence-corrected chi connectivity index (χ2v) is 6.32. The van der Waals surface area contributed by atoms with Crippen molar-refractivity contribution in [1.82, 2.24) is 0 Å². The van der Waals surface area contributed by atoms with Gasteiger partial charge in [0.25, 0.3) is 0 Å². The quantitative estimate of drug-likeness (QED) is 0.900. The van der Waals surface area contributed by atoms with Gasteiger partial charge in [-0.05, 0) is 54.8 Å². The largest absolute Gasteiger partial charge is 0.330 e. The summed E-state index contributed by atoms with van der Waals surface area (Å²) in [4.78, 5) is 0. The van der Waals surface area contributed by atoms with E-state index in [9.17, 15) is 4.39 Å². The highest BCUT2D eigenvalue weighted by Crippen LogP contribution is 2.44. The van der Waals surface area contributed by atoms with E-state index in [4.69, 9.17) is 5.73 Å². The lowest BCUT2D eigenvalue weighted by Crippen LogP contribution is -2.30. The van der Waals surface area contributed by atoms with Gasteiger partial charge in [-0.15, -0.1) is 0 Å². The van der Waals surface area contributed by atoms with Crippen LogP contribution in [0.25, 0.3) is 0 Å². The molecule has 2 unspecified atom stereocenters. The third-order valence-corrected chi connectivity index (χ3v) is 4.70. The highest BCUT2D eigenvalue weighted by molar-refractivity contribution is 9.10. The maximum Gasteiger partial charge on any atom is 0.124 e. The van der Waals surface area contributed by atoms with Gasteiger partial charge in [0, 0.05) is 4.47 Å². The van der Waals surface area contributed by atoms with E-state index in [0.29, 0.717) is 0 Å². The maximum absolute atomic E-state index is 13.0. The Kier molecular flexibility index (Phi) is 3.88. The molecule has 2 rings (SSSR count). The van der Waals surface area contributed by atoms with E-state index in [2.05, 4.69) is 22.9 Å². The molecule has 0 aliphatic heterocycles. The minimum absolute atomic E-state index is 0.192. The maximum atomic E-state index is 13.0. The van der Waals surface area contributed by atoms with Crippen molar-refractivity contribution in [2.45, 2.75) is 32.6 Å². The van der Waals surface area contributed by atoms with Gasteiger partial charge in [-0.25, -0.2) is 4.39 Å². The minimum atomic E-state index is -0.192. The smallest absolute Gasteiger partial charge is 0.124 e. The molecule has 2 atom stereocenters. The lowest BCUT2D eigenvalue weighted by atomic mass is 9.79. The molecule has 1 aromatic carbocycles. The zero-order chi connectivity index (χ0) is 12.5. The molecule has 0 aromatic heterocycles. The van der Waals surface area contributed by atoms with Gasteiger partial charge in [0.2, 0.25) is 0 Å². The lowest BCUT2D eigenvalue weighted by Gasteiger charge is -2.28. The standard InChI is InChI=1S/C14H19BrFN/c1-10-4-5-14(7-10,9-17)8-11-2-3-12(16)6-13(11)15/h2-3,6,10H,4-5,7-9,17H2,1H3. The van der Waals surface area contributed by atoms with Crippen LogP contribution in [-0.2, 0) is 6.42 Å². The van der Waals surface area contributed by atoms with Crippen LogP contribution in [0.2, 0.25) is 0 Å². The molecule has 0 spiro atoms. The van der Waals surface area contributed by atoms with Crippen LogP contribution < -0.4 is 5.73 Å². The molecular formula is C14H19BrFN. The normalized spacial score (nSPS) is 28.6. The first kappa shape index (κ1) is 13.0. The van der Waals surface area contributed by atoms with Crippen LogP contribution in [-0.4, -0.2) is 6.54 Å². The number of rotatable bonds is 3. The van der Waals surface area contributed by atoms with Crippen LogP contribution in [0.5, 0.6) is 0 Å². The average molecular weight is 300 g/mol. The zero-order valence-corrected chi connectivity index (χ0v) is 11.8. The Morgan fingerprint density at radius 3 is 2.82 bits per heavy atom. The summed E-state index contributed by atoms with van der Waals surface area (Å²) >= 11 is 3.44. The summed E-state index contributed by atoms with van der Waals surface area (Å²) in [5.41, 5.74) is 7.36. The van der Waals surface area contributed by atoms with Gasteiger partial charge in [-0.3, -0.25) is 0 Å². The fraction of sp³-hybridized carbons (Fsp3) is 0.571. The first-order valence-corrected chi connectivity index (χ1v) is 6.98. The van der Waals surface area contributed by atoms with Gasteiger partial charge in [0.05, 0.1) is 0 Å². The molecule has 1 nitrogen and oxygen atoms in total. The van der Waals surface area contributed by atoms with Crippen LogP contribution in [0.15, 0.2) is 22.7 Å². The topological polar surface area (TPSA) is 26.0 Å². The summed E-state index contributed by atoms with van der Waals surface area (Å²) in [6, 6.07) is 4.94. The number of hydrogen-bond donors (Lipinski definition) is 1. The molecule has 0 amide bonds. The van der Waals surface area contributed by atoms with Crippen molar-refractivity contribution in [1.29, 1.82) is 0 Å². The number of nitrogens with two attached hydrogens (primary N) is 1. The predicted octanol–water partition coefficient (Wildman–Crippen LogP) is 3.90. The van der Waals surface area contributed by atoms with Crippen molar-refractivity contribution in [3.05, 3.63) is 34.1 Å². The summed E-state index contributed by atoms with van der Waals surface area (Å²) < 4.78 is 13.9. The first-order chi connectivity index (χ1) is 8.04. The fourth-order valence-corrected chi connectivity index (χ4v) is 3.47. The molecule has 17 heavy (non-hydrogen) atoms. The van der Waals surface area contributed by atoms with Crippen molar-refractivity contribution in [3.63, 3.8) is 0 Å². The summed E-state index contributed by atoms with van der Waals surface area (Å²) in [5, 5.41) is 0. The monoisotopic (exact) mass is 299 g/mol. The van der Waals surface area contributed by atoms with Gasteiger partial charge in [-0.2, -0.15) is 0 Å². The molecule has 0 saturated heterocycles. The van der Waals surface area contributed by atoms with Crippen LogP contribution in [0.1, 0.15) is 31.7 Å². The summed E-state index contributed by atoms with van der Waals surface area (Å²) in [6.07, 6.45) is 4.59. The summed E-state index contributed by atoms with van der Waals surface area (Å²) in [6.45, 7) is 3.01. The van der Waals surface area contributed by atoms with Crippen LogP contribution in [0.4, 0.5) is 4.39 Å². The van der Waals surface area contributed by atoms with Crippen LogP contribution in [0, 0.1) is 17.2 Å². The van der Waals surface area contributed by atoms with Crippen molar-refractivity contribution in [2.24, 2.45) is 17.1 Å². The molecule has 1 fully saturated rings. The molecule has 1 aliphatic rings. The van der Waals surface area contributed by atoms with Crippen molar-refractivity contribution in [2.75, 3.05) is 6.54 Å². The number of halogens is 2. The van der Waals surface area contributed by atoms with Crippen molar-refractivity contribution < 1.29 is 4.39 Å². The van der Waals surface area contributed by atoms with Gasteiger partial charge < -0.3 is 5.73 Å². The number of benzene rings is 1. The lowest BCUT2D eigenvalue weighted by molar-refractivity contribution is 0.295. The summed E-state index contributed by atoms with van der Waals surface area (Å²) in [7, 11) is 0. The van der Waals surface area contributed by atoms with Crippen molar-refractivity contribution >= 4 is 15.9 Å². The van der Waals surface area contributed by atoms with E-state index in [1.807, 2.05) is 6.07 Å². The molecule has 1 aliphatic carbocycles. The number of hydrogen-bond acceptors (Lipinski definition) is 1. The van der Waals surface area contributed by atoms with E-state index in [1.165, 1.54) is 37.0 Å². The highest BCUT2D eigenvalue weighted by atomic mass is 79.9. The van der Waals surface area contributed by atoms with E-state index >= 15 is 0 Å². The second-order valence-electron chi connectivity index (χ2n) is 5.46. The average Bonchev–Trinajstić information content (AvgIpc) is 2.65. The molecule has 1 saturated carbocycles. The van der Waals surface area contributed by atoms with Crippen LogP contribution in [0.3, 0.4) is 0 Å². The van der Waals surface area contributed by atoms with Gasteiger partial charge >= 0.3 is 0 Å². The van der Waals surface area contributed by atoms with Crippen LogP contribution >= 0.6 is 15.9 Å². The van der Waals surface area contributed by atoms with E-state index in [1.54, 1.807) is 0 Å². The highest BCUT2D eigenvalue weighted by Gasteiger charge is 2.36. The Morgan fingerprint density at radius 1 is 1.53 bits per heavy atom. The Labute approximate surface area is 111 Å². The Hall–Kier alpha value is -0.410. The van der Waals surface area contributed by atoms with Gasteiger partial charge in [0.1, 0.15) is 5.82 Å². The molecule has 0 heterocycles. The minimum Gasteiger partial charge on any atom is -0.330 e. The van der Waals surface area contributed by atoms with E-state index < -0.39 is 0 Å². The molecule has 94 valence electrons. The predicted molar refractivity (Wildman–Crippen MR) is 72.3 cm³/mol. The molecule has 0 bridgehead atoms. The Morgan fingerprint density at radius 2 is 2.29 bits per heavy atom. The molecule has 0 radical (unpaired) electrons. The van der Waals surface area contributed by atoms with Crippen molar-refractivity contribution in [3.8, 4) is 0 Å². The Balaban J connectivity index is 2.19. The first-order valence-electron chi connectivity index (χ1n) is 6.19. The molecular weight excluding hydrogens is 281 g/mol. The second kappa shape index (κ2) is 5.07. The molecule has 2 N–H and O–H groups in total.